The van der Waals surface area contributed by atoms with E-state index in [9.17, 15) is 10.4 Å². The van der Waals surface area contributed by atoms with Crippen LogP contribution in [0.1, 0.15) is 39.2 Å². The molecule has 4 aromatic heterocycles. The van der Waals surface area contributed by atoms with E-state index in [2.05, 4.69) is 45.4 Å². The maximum atomic E-state index is 10.8. The second kappa shape index (κ2) is 8.54. The van der Waals surface area contributed by atoms with Crippen molar-refractivity contribution in [2.75, 3.05) is 23.3 Å². The van der Waals surface area contributed by atoms with Gasteiger partial charge in [-0.3, -0.25) is 4.98 Å². The molecule has 10 heteroatoms. The quantitative estimate of drug-likeness (QED) is 0.419. The molecule has 4 aromatic rings. The molecule has 0 aromatic carbocycles. The van der Waals surface area contributed by atoms with Gasteiger partial charge < -0.3 is 15.3 Å². The summed E-state index contributed by atoms with van der Waals surface area (Å²) in [6, 6.07) is 10.1. The van der Waals surface area contributed by atoms with Crippen molar-refractivity contribution >= 4 is 27.7 Å². The lowest BCUT2D eigenvalue weighted by Crippen LogP contribution is -2.52. The second-order valence-electron chi connectivity index (χ2n) is 10.3. The summed E-state index contributed by atoms with van der Waals surface area (Å²) < 4.78 is 1.80. The predicted octanol–water partition coefficient (Wildman–Crippen LogP) is 4.20. The van der Waals surface area contributed by atoms with Gasteiger partial charge in [0, 0.05) is 42.9 Å². The Kier molecular flexibility index (Phi) is 5.43. The highest BCUT2D eigenvalue weighted by Crippen LogP contribution is 2.46. The molecule has 0 radical (unpaired) electrons. The lowest BCUT2D eigenvalue weighted by molar-refractivity contribution is -0.0272. The normalized spacial score (nSPS) is 23.4. The first kappa shape index (κ1) is 22.9. The molecule has 184 valence electrons. The lowest BCUT2D eigenvalue weighted by atomic mass is 9.82. The third kappa shape index (κ3) is 3.79. The topological polar surface area (TPSA) is 115 Å². The highest BCUT2D eigenvalue weighted by atomic mass is 32.1. The van der Waals surface area contributed by atoms with Gasteiger partial charge in [0.2, 0.25) is 5.13 Å². The SMILES string of the molecule is CC(C)Nc1cc(-c2ccc3cc(C#N)cnn23)ncc1-c1nnc(N2C[C@H]3CC[C@@H](C2)[C@]3(C)O)s1. The van der Waals surface area contributed by atoms with Crippen LogP contribution in [0.3, 0.4) is 0 Å². The first-order valence-corrected chi connectivity index (χ1v) is 13.1. The number of hydrogen-bond donors (Lipinski definition) is 2. The van der Waals surface area contributed by atoms with Crippen LogP contribution in [0, 0.1) is 23.2 Å². The molecule has 0 amide bonds. The minimum Gasteiger partial charge on any atom is -0.389 e. The smallest absolute Gasteiger partial charge is 0.208 e. The average molecular weight is 501 g/mol. The van der Waals surface area contributed by atoms with Crippen LogP contribution in [0.2, 0.25) is 0 Å². The number of nitriles is 1. The minimum absolute atomic E-state index is 0.215. The number of fused-ring (bicyclic) bond motifs is 3. The molecule has 0 spiro atoms. The van der Waals surface area contributed by atoms with Gasteiger partial charge in [0.1, 0.15) is 6.07 Å². The Morgan fingerprint density at radius 1 is 1.17 bits per heavy atom. The van der Waals surface area contributed by atoms with Crippen LogP contribution in [-0.2, 0) is 0 Å². The number of pyridine rings is 1. The molecule has 1 aliphatic carbocycles. The Morgan fingerprint density at radius 3 is 2.67 bits per heavy atom. The van der Waals surface area contributed by atoms with E-state index >= 15 is 0 Å². The first-order chi connectivity index (χ1) is 17.3. The summed E-state index contributed by atoms with van der Waals surface area (Å²) in [7, 11) is 0. The van der Waals surface area contributed by atoms with Crippen molar-refractivity contribution < 1.29 is 5.11 Å². The van der Waals surface area contributed by atoms with Crippen molar-refractivity contribution in [3.05, 3.63) is 42.2 Å². The zero-order chi connectivity index (χ0) is 25.0. The molecule has 36 heavy (non-hydrogen) atoms. The van der Waals surface area contributed by atoms with E-state index in [1.807, 2.05) is 37.4 Å². The summed E-state index contributed by atoms with van der Waals surface area (Å²) in [4.78, 5) is 7.04. The van der Waals surface area contributed by atoms with Gasteiger partial charge in [-0.05, 0) is 57.9 Å². The molecule has 2 fully saturated rings. The van der Waals surface area contributed by atoms with E-state index < -0.39 is 5.60 Å². The first-order valence-electron chi connectivity index (χ1n) is 12.3. The number of nitrogens with one attached hydrogen (secondary N) is 1. The number of aromatic nitrogens is 5. The molecule has 6 rings (SSSR count). The Morgan fingerprint density at radius 2 is 1.94 bits per heavy atom. The summed E-state index contributed by atoms with van der Waals surface area (Å²) in [5.41, 5.74) is 4.25. The van der Waals surface area contributed by atoms with Crippen molar-refractivity contribution in [1.82, 2.24) is 24.8 Å². The molecule has 2 N–H and O–H groups in total. The maximum Gasteiger partial charge on any atom is 0.208 e. The molecule has 5 heterocycles. The van der Waals surface area contributed by atoms with Gasteiger partial charge >= 0.3 is 0 Å². The Labute approximate surface area is 213 Å². The van der Waals surface area contributed by atoms with E-state index in [-0.39, 0.29) is 17.9 Å². The number of nitrogens with zero attached hydrogens (tertiary/aromatic N) is 7. The highest BCUT2D eigenvalue weighted by Gasteiger charge is 2.50. The van der Waals surface area contributed by atoms with Crippen LogP contribution >= 0.6 is 11.3 Å². The van der Waals surface area contributed by atoms with Crippen molar-refractivity contribution in [3.63, 3.8) is 0 Å². The number of hydrogen-bond acceptors (Lipinski definition) is 9. The van der Waals surface area contributed by atoms with Gasteiger partial charge in [-0.1, -0.05) is 11.3 Å². The van der Waals surface area contributed by atoms with E-state index in [0.29, 0.717) is 5.56 Å². The summed E-state index contributed by atoms with van der Waals surface area (Å²) in [6.45, 7) is 7.81. The summed E-state index contributed by atoms with van der Waals surface area (Å²) in [5, 5.41) is 38.8. The number of aliphatic hydroxyl groups is 1. The maximum absolute atomic E-state index is 10.8. The fourth-order valence-corrected chi connectivity index (χ4v) is 6.42. The number of rotatable bonds is 5. The molecule has 3 atom stereocenters. The van der Waals surface area contributed by atoms with Crippen molar-refractivity contribution in [1.29, 1.82) is 5.26 Å². The van der Waals surface area contributed by atoms with Crippen molar-refractivity contribution in [3.8, 4) is 28.0 Å². The minimum atomic E-state index is -0.577. The van der Waals surface area contributed by atoms with Gasteiger partial charge in [0.05, 0.1) is 39.8 Å². The van der Waals surface area contributed by atoms with Gasteiger partial charge in [-0.25, -0.2) is 4.52 Å². The van der Waals surface area contributed by atoms with Crippen molar-refractivity contribution in [2.24, 2.45) is 11.8 Å². The van der Waals surface area contributed by atoms with Gasteiger partial charge in [-0.15, -0.1) is 10.2 Å². The Bertz CT molecular complexity index is 1470. The predicted molar refractivity (Wildman–Crippen MR) is 140 cm³/mol. The Balaban J connectivity index is 1.33. The average Bonchev–Trinajstić information content (AvgIpc) is 3.52. The third-order valence-electron chi connectivity index (χ3n) is 7.55. The van der Waals surface area contributed by atoms with Crippen LogP contribution in [-0.4, -0.2) is 54.6 Å². The van der Waals surface area contributed by atoms with Crippen LogP contribution in [0.4, 0.5) is 10.8 Å². The van der Waals surface area contributed by atoms with E-state index in [0.717, 1.165) is 64.2 Å². The van der Waals surface area contributed by atoms with Gasteiger partial charge in [0.15, 0.2) is 5.01 Å². The summed E-state index contributed by atoms with van der Waals surface area (Å²) in [6.07, 6.45) is 5.54. The molecule has 1 aliphatic heterocycles. The molecule has 9 nitrogen and oxygen atoms in total. The molecule has 2 aliphatic rings. The van der Waals surface area contributed by atoms with E-state index in [4.69, 9.17) is 4.98 Å². The van der Waals surface area contributed by atoms with Gasteiger partial charge in [0.25, 0.3) is 0 Å². The molecule has 2 bridgehead atoms. The van der Waals surface area contributed by atoms with Crippen LogP contribution in [0.15, 0.2) is 36.7 Å². The molecular formula is C26H28N8OS. The molecular weight excluding hydrogens is 472 g/mol. The second-order valence-corrected chi connectivity index (χ2v) is 11.3. The molecule has 1 saturated heterocycles. The Hall–Kier alpha value is -3.55. The summed E-state index contributed by atoms with van der Waals surface area (Å²) >= 11 is 1.57. The largest absolute Gasteiger partial charge is 0.389 e. The number of anilines is 2. The number of piperidine rings is 1. The summed E-state index contributed by atoms with van der Waals surface area (Å²) in [5.74, 6) is 0.551. The highest BCUT2D eigenvalue weighted by molar-refractivity contribution is 7.18. The zero-order valence-corrected chi connectivity index (χ0v) is 21.3. The van der Waals surface area contributed by atoms with Crippen LogP contribution < -0.4 is 10.2 Å². The van der Waals surface area contributed by atoms with Crippen molar-refractivity contribution in [2.45, 2.75) is 45.3 Å². The third-order valence-corrected chi connectivity index (χ3v) is 8.57. The lowest BCUT2D eigenvalue weighted by Gasteiger charge is -2.42. The van der Waals surface area contributed by atoms with E-state index in [1.54, 1.807) is 22.0 Å². The van der Waals surface area contributed by atoms with Crippen LogP contribution in [0.5, 0.6) is 0 Å². The van der Waals surface area contributed by atoms with Gasteiger partial charge in [-0.2, -0.15) is 10.4 Å². The van der Waals surface area contributed by atoms with E-state index in [1.165, 1.54) is 0 Å². The van der Waals surface area contributed by atoms with Crippen LogP contribution in [0.25, 0.3) is 27.5 Å². The molecule has 1 saturated carbocycles. The fourth-order valence-electron chi connectivity index (χ4n) is 5.54. The standard InChI is InChI=1S/C26H28N8OS/c1-15(2)30-21-9-22(23-7-6-19-8-16(10-27)11-29-34(19)23)28-12-20(21)24-31-32-25(36-24)33-13-17-4-5-18(14-33)26(17,3)35/h6-9,11-12,15,17-18,35H,4-5,13-14H2,1-3H3,(H,28,30)/t17-,18+,26-. The zero-order valence-electron chi connectivity index (χ0n) is 20.5. The monoisotopic (exact) mass is 500 g/mol. The molecule has 0 unspecified atom stereocenters. The fraction of sp³-hybridized carbons (Fsp3) is 0.423.